The summed E-state index contributed by atoms with van der Waals surface area (Å²) in [5, 5.41) is 5.58. The predicted molar refractivity (Wildman–Crippen MR) is 97.9 cm³/mol. The molecule has 0 unspecified atom stereocenters. The molecule has 0 saturated heterocycles. The van der Waals surface area contributed by atoms with Crippen LogP contribution in [0.3, 0.4) is 0 Å². The number of fused-ring (bicyclic) bond motifs is 1. The van der Waals surface area contributed by atoms with E-state index in [2.05, 4.69) is 5.16 Å². The molecule has 26 heavy (non-hydrogen) atoms. The zero-order valence-electron chi connectivity index (χ0n) is 14.6. The van der Waals surface area contributed by atoms with Crippen molar-refractivity contribution in [2.75, 3.05) is 23.8 Å². The van der Waals surface area contributed by atoms with Crippen LogP contribution in [0.5, 0.6) is 0 Å². The number of hydrogen-bond acceptors (Lipinski definition) is 6. The van der Waals surface area contributed by atoms with E-state index in [1.54, 1.807) is 11.8 Å². The SMILES string of the molecule is CCN(C(=O)COC(=O)c1c(C)noc1N)c1cccc2ccccc12. The molecule has 0 aliphatic carbocycles. The van der Waals surface area contributed by atoms with Crippen molar-refractivity contribution in [1.29, 1.82) is 0 Å². The number of nitrogens with two attached hydrogens (primary N) is 1. The van der Waals surface area contributed by atoms with Gasteiger partial charge in [0.2, 0.25) is 5.88 Å². The summed E-state index contributed by atoms with van der Waals surface area (Å²) < 4.78 is 9.86. The van der Waals surface area contributed by atoms with Crippen LogP contribution < -0.4 is 10.6 Å². The molecule has 7 heteroatoms. The highest BCUT2D eigenvalue weighted by molar-refractivity contribution is 6.05. The van der Waals surface area contributed by atoms with Crippen LogP contribution in [0.4, 0.5) is 11.6 Å². The molecule has 3 aromatic rings. The number of anilines is 2. The van der Waals surface area contributed by atoms with Gasteiger partial charge in [0, 0.05) is 11.9 Å². The fourth-order valence-corrected chi connectivity index (χ4v) is 2.84. The summed E-state index contributed by atoms with van der Waals surface area (Å²) in [5.41, 5.74) is 6.70. The number of benzene rings is 2. The lowest BCUT2D eigenvalue weighted by atomic mass is 10.1. The van der Waals surface area contributed by atoms with Gasteiger partial charge in [-0.25, -0.2) is 4.79 Å². The van der Waals surface area contributed by atoms with Crippen LogP contribution in [0.15, 0.2) is 47.0 Å². The normalized spacial score (nSPS) is 10.7. The molecule has 0 fully saturated rings. The standard InChI is InChI=1S/C19H19N3O4/c1-3-22(15-10-6-8-13-7-4-5-9-14(13)15)16(23)11-25-19(24)17-12(2)21-26-18(17)20/h4-10H,3,11,20H2,1-2H3. The third-order valence-corrected chi connectivity index (χ3v) is 4.09. The van der Waals surface area contributed by atoms with Crippen molar-refractivity contribution in [3.8, 4) is 0 Å². The van der Waals surface area contributed by atoms with E-state index in [9.17, 15) is 9.59 Å². The fourth-order valence-electron chi connectivity index (χ4n) is 2.84. The van der Waals surface area contributed by atoms with Crippen LogP contribution in [0.25, 0.3) is 10.8 Å². The van der Waals surface area contributed by atoms with Gasteiger partial charge in [0.1, 0.15) is 5.56 Å². The molecular weight excluding hydrogens is 334 g/mol. The van der Waals surface area contributed by atoms with Gasteiger partial charge in [0.25, 0.3) is 5.91 Å². The molecular formula is C19H19N3O4. The summed E-state index contributed by atoms with van der Waals surface area (Å²) in [6.07, 6.45) is 0. The smallest absolute Gasteiger partial charge is 0.346 e. The van der Waals surface area contributed by atoms with E-state index >= 15 is 0 Å². The molecule has 0 aliphatic rings. The van der Waals surface area contributed by atoms with Crippen LogP contribution in [-0.2, 0) is 9.53 Å². The Balaban J connectivity index is 1.78. The molecule has 7 nitrogen and oxygen atoms in total. The third-order valence-electron chi connectivity index (χ3n) is 4.09. The average molecular weight is 353 g/mol. The number of aromatic nitrogens is 1. The largest absolute Gasteiger partial charge is 0.452 e. The van der Waals surface area contributed by atoms with Crippen LogP contribution in [0, 0.1) is 6.92 Å². The molecule has 0 spiro atoms. The van der Waals surface area contributed by atoms with Crippen molar-refractivity contribution in [3.05, 3.63) is 53.7 Å². The molecule has 0 aliphatic heterocycles. The van der Waals surface area contributed by atoms with E-state index in [4.69, 9.17) is 15.0 Å². The number of hydrogen-bond donors (Lipinski definition) is 1. The lowest BCUT2D eigenvalue weighted by molar-refractivity contribution is -0.121. The van der Waals surface area contributed by atoms with Gasteiger partial charge >= 0.3 is 5.97 Å². The van der Waals surface area contributed by atoms with Crippen molar-refractivity contribution in [1.82, 2.24) is 5.16 Å². The summed E-state index contributed by atoms with van der Waals surface area (Å²) in [4.78, 5) is 26.4. The predicted octanol–water partition coefficient (Wildman–Crippen LogP) is 2.93. The Morgan fingerprint density at radius 3 is 2.62 bits per heavy atom. The summed E-state index contributed by atoms with van der Waals surface area (Å²) in [7, 11) is 0. The van der Waals surface area contributed by atoms with E-state index in [0.29, 0.717) is 12.2 Å². The average Bonchev–Trinajstić information content (AvgIpc) is 2.99. The van der Waals surface area contributed by atoms with E-state index in [0.717, 1.165) is 16.5 Å². The van der Waals surface area contributed by atoms with Crippen LogP contribution in [0.2, 0.25) is 0 Å². The number of likely N-dealkylation sites (N-methyl/N-ethyl adjacent to an activating group) is 1. The van der Waals surface area contributed by atoms with E-state index < -0.39 is 12.6 Å². The number of nitrogen functional groups attached to an aromatic ring is 1. The van der Waals surface area contributed by atoms with Crippen molar-refractivity contribution in [2.45, 2.75) is 13.8 Å². The second-order valence-electron chi connectivity index (χ2n) is 5.72. The highest BCUT2D eigenvalue weighted by Crippen LogP contribution is 2.27. The minimum atomic E-state index is -0.733. The molecule has 0 radical (unpaired) electrons. The molecule has 1 heterocycles. The molecule has 3 rings (SSSR count). The second kappa shape index (κ2) is 7.26. The minimum absolute atomic E-state index is 0.0472. The number of carbonyl (C=O) groups is 2. The number of aryl methyl sites for hydroxylation is 1. The zero-order chi connectivity index (χ0) is 18.7. The Labute approximate surface area is 150 Å². The monoisotopic (exact) mass is 353 g/mol. The van der Waals surface area contributed by atoms with Crippen molar-refractivity contribution in [2.24, 2.45) is 0 Å². The van der Waals surface area contributed by atoms with Gasteiger partial charge in [0.05, 0.1) is 11.4 Å². The quantitative estimate of drug-likeness (QED) is 0.708. The lowest BCUT2D eigenvalue weighted by Crippen LogP contribution is -2.34. The maximum Gasteiger partial charge on any atom is 0.346 e. The maximum atomic E-state index is 12.6. The number of carbonyl (C=O) groups excluding carboxylic acids is 2. The van der Waals surface area contributed by atoms with Crippen molar-refractivity contribution < 1.29 is 18.8 Å². The first-order valence-electron chi connectivity index (χ1n) is 8.20. The summed E-state index contributed by atoms with van der Waals surface area (Å²) in [6.45, 7) is 3.48. The first kappa shape index (κ1) is 17.5. The van der Waals surface area contributed by atoms with Gasteiger partial charge in [-0.15, -0.1) is 0 Å². The zero-order valence-corrected chi connectivity index (χ0v) is 14.6. The number of amides is 1. The van der Waals surface area contributed by atoms with Crippen LogP contribution >= 0.6 is 0 Å². The van der Waals surface area contributed by atoms with Crippen molar-refractivity contribution >= 4 is 34.2 Å². The summed E-state index contributed by atoms with van der Waals surface area (Å²) in [5.74, 6) is -1.19. The number of nitrogens with zero attached hydrogens (tertiary/aromatic N) is 2. The Hall–Kier alpha value is -3.35. The highest BCUT2D eigenvalue weighted by Gasteiger charge is 2.23. The Bertz CT molecular complexity index is 940. The van der Waals surface area contributed by atoms with Gasteiger partial charge in [-0.05, 0) is 25.3 Å². The summed E-state index contributed by atoms with van der Waals surface area (Å²) >= 11 is 0. The molecule has 0 saturated carbocycles. The molecule has 1 aromatic heterocycles. The maximum absolute atomic E-state index is 12.6. The molecule has 2 N–H and O–H groups in total. The topological polar surface area (TPSA) is 98.7 Å². The van der Waals surface area contributed by atoms with E-state index in [1.807, 2.05) is 49.4 Å². The number of ether oxygens (including phenoxy) is 1. The number of esters is 1. The molecule has 134 valence electrons. The number of rotatable bonds is 5. The van der Waals surface area contributed by atoms with E-state index in [1.165, 1.54) is 0 Å². The Morgan fingerprint density at radius 1 is 1.19 bits per heavy atom. The second-order valence-corrected chi connectivity index (χ2v) is 5.72. The molecule has 0 atom stereocenters. The molecule has 1 amide bonds. The molecule has 2 aromatic carbocycles. The van der Waals surface area contributed by atoms with Crippen molar-refractivity contribution in [3.63, 3.8) is 0 Å². The Kier molecular flexibility index (Phi) is 4.88. The van der Waals surface area contributed by atoms with Crippen LogP contribution in [-0.4, -0.2) is 30.2 Å². The van der Waals surface area contributed by atoms with Crippen LogP contribution in [0.1, 0.15) is 23.0 Å². The van der Waals surface area contributed by atoms with Gasteiger partial charge in [-0.3, -0.25) is 4.79 Å². The van der Waals surface area contributed by atoms with Gasteiger partial charge < -0.3 is 19.9 Å². The highest BCUT2D eigenvalue weighted by atomic mass is 16.5. The van der Waals surface area contributed by atoms with Gasteiger partial charge in [0.15, 0.2) is 6.61 Å². The van der Waals surface area contributed by atoms with Gasteiger partial charge in [-0.2, -0.15) is 0 Å². The fraction of sp³-hybridized carbons (Fsp3) is 0.211. The lowest BCUT2D eigenvalue weighted by Gasteiger charge is -2.22. The molecule has 0 bridgehead atoms. The minimum Gasteiger partial charge on any atom is -0.452 e. The first-order valence-corrected chi connectivity index (χ1v) is 8.20. The summed E-state index contributed by atoms with van der Waals surface area (Å²) in [6, 6.07) is 13.5. The van der Waals surface area contributed by atoms with E-state index in [-0.39, 0.29) is 17.4 Å². The first-order chi connectivity index (χ1) is 12.5. The third kappa shape index (κ3) is 3.23. The Morgan fingerprint density at radius 2 is 1.92 bits per heavy atom. The van der Waals surface area contributed by atoms with Gasteiger partial charge in [-0.1, -0.05) is 41.6 Å².